The maximum atomic E-state index is 6.14. The number of nitrogens with zero attached hydrogens (tertiary/aromatic N) is 2. The number of ether oxygens (including phenoxy) is 1. The van der Waals surface area contributed by atoms with Crippen molar-refractivity contribution in [2.24, 2.45) is 0 Å². The smallest absolute Gasteiger partial charge is 0.146 e. The quantitative estimate of drug-likeness (QED) is 0.590. The summed E-state index contributed by atoms with van der Waals surface area (Å²) >= 11 is 8.28. The van der Waals surface area contributed by atoms with Crippen molar-refractivity contribution in [1.29, 1.82) is 0 Å². The lowest BCUT2D eigenvalue weighted by molar-refractivity contribution is 0.180. The van der Waals surface area contributed by atoms with Gasteiger partial charge in [0, 0.05) is 13.5 Å². The molecule has 100 valence electrons. The van der Waals surface area contributed by atoms with E-state index in [4.69, 9.17) is 16.3 Å². The minimum atomic E-state index is 0.446. The van der Waals surface area contributed by atoms with Gasteiger partial charge in [-0.05, 0) is 35.1 Å². The highest BCUT2D eigenvalue weighted by Gasteiger charge is 2.11. The summed E-state index contributed by atoms with van der Waals surface area (Å²) in [4.78, 5) is 8.85. The zero-order valence-electron chi connectivity index (χ0n) is 10.8. The molecule has 0 bridgehead atoms. The molecule has 0 spiro atoms. The topological polar surface area (TPSA) is 35.0 Å². The average molecular weight is 389 g/mol. The van der Waals surface area contributed by atoms with Crippen molar-refractivity contribution in [3.63, 3.8) is 0 Å². The molecule has 0 aliphatic rings. The minimum absolute atomic E-state index is 0.446. The van der Waals surface area contributed by atoms with Gasteiger partial charge in [0.05, 0.1) is 15.9 Å². The van der Waals surface area contributed by atoms with E-state index in [2.05, 4.69) is 57.7 Å². The number of hydrogen-bond donors (Lipinski definition) is 0. The van der Waals surface area contributed by atoms with Gasteiger partial charge < -0.3 is 4.74 Å². The first-order chi connectivity index (χ1) is 9.10. The third-order valence-electron chi connectivity index (χ3n) is 2.65. The van der Waals surface area contributed by atoms with Crippen LogP contribution in [0.15, 0.2) is 24.3 Å². The van der Waals surface area contributed by atoms with Gasteiger partial charge in [-0.1, -0.05) is 41.4 Å². The molecule has 0 atom stereocenters. The second-order valence-corrected chi connectivity index (χ2v) is 5.73. The van der Waals surface area contributed by atoms with Crippen LogP contribution >= 0.6 is 34.2 Å². The van der Waals surface area contributed by atoms with E-state index in [0.29, 0.717) is 18.2 Å². The largest absolute Gasteiger partial charge is 0.378 e. The predicted molar refractivity (Wildman–Crippen MR) is 84.5 cm³/mol. The highest BCUT2D eigenvalue weighted by Crippen LogP contribution is 2.21. The summed E-state index contributed by atoms with van der Waals surface area (Å²) in [6, 6.07) is 8.31. The molecule has 0 amide bonds. The van der Waals surface area contributed by atoms with Gasteiger partial charge in [0.2, 0.25) is 0 Å². The van der Waals surface area contributed by atoms with E-state index in [-0.39, 0.29) is 0 Å². The van der Waals surface area contributed by atoms with Gasteiger partial charge >= 0.3 is 0 Å². The van der Waals surface area contributed by atoms with Crippen LogP contribution in [0.3, 0.4) is 0 Å². The molecule has 19 heavy (non-hydrogen) atoms. The summed E-state index contributed by atoms with van der Waals surface area (Å²) < 4.78 is 5.99. The summed E-state index contributed by atoms with van der Waals surface area (Å²) in [6.45, 7) is 2.52. The first kappa shape index (κ1) is 14.7. The monoisotopic (exact) mass is 388 g/mol. The molecule has 3 nitrogen and oxygen atoms in total. The molecule has 1 aromatic carbocycles. The maximum absolute atomic E-state index is 6.14. The fraction of sp³-hybridized carbons (Fsp3) is 0.286. The van der Waals surface area contributed by atoms with Crippen LogP contribution < -0.4 is 0 Å². The first-order valence-corrected chi connectivity index (χ1v) is 7.31. The van der Waals surface area contributed by atoms with Crippen LogP contribution in [0.2, 0.25) is 5.15 Å². The lowest BCUT2D eigenvalue weighted by Crippen LogP contribution is -2.05. The molecule has 1 heterocycles. The standard InChI is InChI=1S/C14H14ClIN2O/c1-9-4-3-5-10(6-9)7-12-17-11(8-19-2)13(16)14(15)18-12/h3-6H,7-8H2,1-2H3. The molecule has 0 N–H and O–H groups in total. The molecule has 0 saturated carbocycles. The fourth-order valence-electron chi connectivity index (χ4n) is 1.83. The van der Waals surface area contributed by atoms with Crippen LogP contribution in [0.4, 0.5) is 0 Å². The Morgan fingerprint density at radius 1 is 1.32 bits per heavy atom. The van der Waals surface area contributed by atoms with Gasteiger partial charge in [-0.25, -0.2) is 9.97 Å². The molecule has 2 aromatic rings. The van der Waals surface area contributed by atoms with Crippen molar-refractivity contribution in [1.82, 2.24) is 9.97 Å². The molecule has 0 saturated heterocycles. The molecule has 1 aromatic heterocycles. The molecule has 0 unspecified atom stereocenters. The molecule has 0 radical (unpaired) electrons. The van der Waals surface area contributed by atoms with E-state index in [9.17, 15) is 0 Å². The Morgan fingerprint density at radius 3 is 2.79 bits per heavy atom. The van der Waals surface area contributed by atoms with Crippen LogP contribution in [0.25, 0.3) is 0 Å². The zero-order chi connectivity index (χ0) is 13.8. The summed E-state index contributed by atoms with van der Waals surface area (Å²) in [6.07, 6.45) is 0.676. The molecule has 0 fully saturated rings. The second kappa shape index (κ2) is 6.63. The van der Waals surface area contributed by atoms with E-state index < -0.39 is 0 Å². The van der Waals surface area contributed by atoms with Crippen LogP contribution in [-0.2, 0) is 17.8 Å². The van der Waals surface area contributed by atoms with E-state index in [1.54, 1.807) is 7.11 Å². The third kappa shape index (κ3) is 3.87. The Labute approximate surface area is 131 Å². The average Bonchev–Trinajstić information content (AvgIpc) is 2.35. The molecular formula is C14H14ClIN2O. The number of methoxy groups -OCH3 is 1. The van der Waals surface area contributed by atoms with Crippen molar-refractivity contribution < 1.29 is 4.74 Å². The fourth-order valence-corrected chi connectivity index (χ4v) is 2.43. The highest BCUT2D eigenvalue weighted by molar-refractivity contribution is 14.1. The number of aryl methyl sites for hydroxylation is 1. The predicted octanol–water partition coefficient (Wildman–Crippen LogP) is 3.78. The Morgan fingerprint density at radius 2 is 2.11 bits per heavy atom. The minimum Gasteiger partial charge on any atom is -0.378 e. The summed E-state index contributed by atoms with van der Waals surface area (Å²) in [5.74, 6) is 0.725. The number of halogens is 2. The van der Waals surface area contributed by atoms with E-state index in [1.165, 1.54) is 11.1 Å². The Kier molecular flexibility index (Phi) is 5.13. The summed E-state index contributed by atoms with van der Waals surface area (Å²) in [5, 5.41) is 0.491. The van der Waals surface area contributed by atoms with Crippen molar-refractivity contribution >= 4 is 34.2 Å². The maximum Gasteiger partial charge on any atom is 0.146 e. The lowest BCUT2D eigenvalue weighted by Gasteiger charge is -2.08. The van der Waals surface area contributed by atoms with Gasteiger partial charge in [-0.2, -0.15) is 0 Å². The van der Waals surface area contributed by atoms with Gasteiger partial charge in [0.1, 0.15) is 11.0 Å². The van der Waals surface area contributed by atoms with Crippen molar-refractivity contribution in [2.75, 3.05) is 7.11 Å². The Hall–Kier alpha value is -0.720. The van der Waals surface area contributed by atoms with Gasteiger partial charge in [-0.15, -0.1) is 0 Å². The summed E-state index contributed by atoms with van der Waals surface area (Å²) in [5.41, 5.74) is 3.25. The number of rotatable bonds is 4. The molecule has 5 heteroatoms. The van der Waals surface area contributed by atoms with Gasteiger partial charge in [0.15, 0.2) is 0 Å². The van der Waals surface area contributed by atoms with Gasteiger partial charge in [-0.3, -0.25) is 0 Å². The third-order valence-corrected chi connectivity index (χ3v) is 4.38. The molecule has 2 rings (SSSR count). The highest BCUT2D eigenvalue weighted by atomic mass is 127. The van der Waals surface area contributed by atoms with E-state index in [1.807, 2.05) is 6.07 Å². The van der Waals surface area contributed by atoms with E-state index >= 15 is 0 Å². The zero-order valence-corrected chi connectivity index (χ0v) is 13.7. The Balaban J connectivity index is 2.30. The normalized spacial score (nSPS) is 10.7. The summed E-state index contributed by atoms with van der Waals surface area (Å²) in [7, 11) is 1.65. The molecular weight excluding hydrogens is 375 g/mol. The van der Waals surface area contributed by atoms with Crippen LogP contribution in [-0.4, -0.2) is 17.1 Å². The van der Waals surface area contributed by atoms with Crippen LogP contribution in [0, 0.1) is 10.5 Å². The van der Waals surface area contributed by atoms with Crippen molar-refractivity contribution in [2.45, 2.75) is 20.0 Å². The molecule has 0 aliphatic carbocycles. The van der Waals surface area contributed by atoms with Crippen molar-refractivity contribution in [3.05, 3.63) is 55.6 Å². The number of aromatic nitrogens is 2. The number of benzene rings is 1. The SMILES string of the molecule is COCc1nc(Cc2cccc(C)c2)nc(Cl)c1I. The number of hydrogen-bond acceptors (Lipinski definition) is 3. The van der Waals surface area contributed by atoms with Crippen LogP contribution in [0.1, 0.15) is 22.6 Å². The Bertz CT molecular complexity index is 590. The van der Waals surface area contributed by atoms with Gasteiger partial charge in [0.25, 0.3) is 0 Å². The molecule has 0 aliphatic heterocycles. The van der Waals surface area contributed by atoms with E-state index in [0.717, 1.165) is 15.1 Å². The first-order valence-electron chi connectivity index (χ1n) is 5.85. The van der Waals surface area contributed by atoms with Crippen molar-refractivity contribution in [3.8, 4) is 0 Å². The van der Waals surface area contributed by atoms with Crippen LogP contribution in [0.5, 0.6) is 0 Å². The lowest BCUT2D eigenvalue weighted by atomic mass is 10.1. The second-order valence-electron chi connectivity index (χ2n) is 4.29.